The Kier molecular flexibility index (Phi) is 3.09. The standard InChI is InChI=1S/C9H11N3O/c1-2-3-13-9-7(5-10)4-8(11)6-12-9/h4,6H,2-3,11H2,1H3. The van der Waals surface area contributed by atoms with Crippen LogP contribution in [-0.4, -0.2) is 11.6 Å². The smallest absolute Gasteiger partial charge is 0.231 e. The quantitative estimate of drug-likeness (QED) is 0.755. The average molecular weight is 177 g/mol. The van der Waals surface area contributed by atoms with Crippen molar-refractivity contribution >= 4 is 5.69 Å². The lowest BCUT2D eigenvalue weighted by Crippen LogP contribution is -2.00. The third-order valence-corrected chi connectivity index (χ3v) is 1.44. The normalized spacial score (nSPS) is 9.23. The molecule has 68 valence electrons. The van der Waals surface area contributed by atoms with Crippen LogP contribution in [0.25, 0.3) is 0 Å². The van der Waals surface area contributed by atoms with Crippen molar-refractivity contribution in [1.82, 2.24) is 4.98 Å². The van der Waals surface area contributed by atoms with Crippen molar-refractivity contribution in [3.63, 3.8) is 0 Å². The number of nitriles is 1. The van der Waals surface area contributed by atoms with Gasteiger partial charge in [-0.1, -0.05) is 6.92 Å². The fourth-order valence-corrected chi connectivity index (χ4v) is 0.862. The maximum atomic E-state index is 8.72. The fraction of sp³-hybridized carbons (Fsp3) is 0.333. The fourth-order valence-electron chi connectivity index (χ4n) is 0.862. The Morgan fingerprint density at radius 3 is 3.08 bits per heavy atom. The zero-order valence-corrected chi connectivity index (χ0v) is 7.45. The molecule has 0 radical (unpaired) electrons. The van der Waals surface area contributed by atoms with Gasteiger partial charge in [0.15, 0.2) is 0 Å². The predicted octanol–water partition coefficient (Wildman–Crippen LogP) is 1.32. The second-order valence-corrected chi connectivity index (χ2v) is 2.58. The first-order valence-corrected chi connectivity index (χ1v) is 4.06. The highest BCUT2D eigenvalue weighted by molar-refractivity contribution is 5.48. The Hall–Kier alpha value is -1.76. The summed E-state index contributed by atoms with van der Waals surface area (Å²) in [4.78, 5) is 3.92. The van der Waals surface area contributed by atoms with Gasteiger partial charge in [-0.2, -0.15) is 5.26 Å². The van der Waals surface area contributed by atoms with Crippen LogP contribution in [0.2, 0.25) is 0 Å². The summed E-state index contributed by atoms with van der Waals surface area (Å²) in [7, 11) is 0. The van der Waals surface area contributed by atoms with Crippen LogP contribution in [0.5, 0.6) is 5.88 Å². The Morgan fingerprint density at radius 1 is 1.69 bits per heavy atom. The molecule has 0 saturated heterocycles. The van der Waals surface area contributed by atoms with Gasteiger partial charge >= 0.3 is 0 Å². The Labute approximate surface area is 77.0 Å². The number of nitrogen functional groups attached to an aromatic ring is 1. The SMILES string of the molecule is CCCOc1ncc(N)cc1C#N. The van der Waals surface area contributed by atoms with Gasteiger partial charge in [0.2, 0.25) is 5.88 Å². The second-order valence-electron chi connectivity index (χ2n) is 2.58. The molecule has 0 unspecified atom stereocenters. The van der Waals surface area contributed by atoms with E-state index < -0.39 is 0 Å². The molecular formula is C9H11N3O. The molecule has 0 aliphatic rings. The molecule has 0 atom stereocenters. The van der Waals surface area contributed by atoms with Crippen LogP contribution in [-0.2, 0) is 0 Å². The first kappa shape index (κ1) is 9.33. The molecule has 1 rings (SSSR count). The van der Waals surface area contributed by atoms with Crippen LogP contribution in [0, 0.1) is 11.3 Å². The molecule has 1 aromatic rings. The maximum Gasteiger partial charge on any atom is 0.231 e. The molecule has 1 heterocycles. The van der Waals surface area contributed by atoms with Crippen molar-refractivity contribution in [2.45, 2.75) is 13.3 Å². The van der Waals surface area contributed by atoms with Gasteiger partial charge in [-0.15, -0.1) is 0 Å². The highest BCUT2D eigenvalue weighted by Crippen LogP contribution is 2.16. The highest BCUT2D eigenvalue weighted by atomic mass is 16.5. The van der Waals surface area contributed by atoms with Crippen molar-refractivity contribution in [3.05, 3.63) is 17.8 Å². The molecule has 0 saturated carbocycles. The molecule has 1 aromatic heterocycles. The number of ether oxygens (including phenoxy) is 1. The number of hydrogen-bond donors (Lipinski definition) is 1. The van der Waals surface area contributed by atoms with Crippen LogP contribution in [0.15, 0.2) is 12.3 Å². The summed E-state index contributed by atoms with van der Waals surface area (Å²) in [5.74, 6) is 0.360. The van der Waals surface area contributed by atoms with Crippen molar-refractivity contribution in [1.29, 1.82) is 5.26 Å². The molecule has 4 heteroatoms. The zero-order valence-electron chi connectivity index (χ0n) is 7.45. The van der Waals surface area contributed by atoms with Gasteiger partial charge in [-0.25, -0.2) is 4.98 Å². The first-order chi connectivity index (χ1) is 6.27. The monoisotopic (exact) mass is 177 g/mol. The Morgan fingerprint density at radius 2 is 2.46 bits per heavy atom. The molecule has 0 aliphatic carbocycles. The molecule has 0 amide bonds. The van der Waals surface area contributed by atoms with E-state index >= 15 is 0 Å². The zero-order chi connectivity index (χ0) is 9.68. The number of rotatable bonds is 3. The van der Waals surface area contributed by atoms with Crippen LogP contribution >= 0.6 is 0 Å². The molecule has 2 N–H and O–H groups in total. The number of nitrogens with two attached hydrogens (primary N) is 1. The van der Waals surface area contributed by atoms with E-state index in [9.17, 15) is 0 Å². The number of aromatic nitrogens is 1. The maximum absolute atomic E-state index is 8.72. The minimum Gasteiger partial charge on any atom is -0.477 e. The van der Waals surface area contributed by atoms with Crippen molar-refractivity contribution < 1.29 is 4.74 Å². The molecule has 0 fully saturated rings. The summed E-state index contributed by atoms with van der Waals surface area (Å²) >= 11 is 0. The van der Waals surface area contributed by atoms with Crippen molar-refractivity contribution in [2.24, 2.45) is 0 Å². The van der Waals surface area contributed by atoms with Crippen LogP contribution in [0.4, 0.5) is 5.69 Å². The Bertz CT molecular complexity index is 330. The van der Waals surface area contributed by atoms with Gasteiger partial charge in [-0.3, -0.25) is 0 Å². The summed E-state index contributed by atoms with van der Waals surface area (Å²) < 4.78 is 5.24. The number of nitrogens with zero attached hydrogens (tertiary/aromatic N) is 2. The van der Waals surface area contributed by atoms with Gasteiger partial charge < -0.3 is 10.5 Å². The largest absolute Gasteiger partial charge is 0.477 e. The third kappa shape index (κ3) is 2.34. The van der Waals surface area contributed by atoms with E-state index in [1.807, 2.05) is 13.0 Å². The molecule has 0 aromatic carbocycles. The van der Waals surface area contributed by atoms with E-state index in [2.05, 4.69) is 4.98 Å². The lowest BCUT2D eigenvalue weighted by Gasteiger charge is -2.04. The van der Waals surface area contributed by atoms with Gasteiger partial charge in [0.25, 0.3) is 0 Å². The Balaban J connectivity index is 2.88. The molecule has 4 nitrogen and oxygen atoms in total. The molecule has 0 spiro atoms. The minimum atomic E-state index is 0.360. The van der Waals surface area contributed by atoms with E-state index in [4.69, 9.17) is 15.7 Å². The second kappa shape index (κ2) is 4.31. The average Bonchev–Trinajstić information content (AvgIpc) is 2.16. The van der Waals surface area contributed by atoms with Crippen LogP contribution in [0.3, 0.4) is 0 Å². The predicted molar refractivity (Wildman–Crippen MR) is 49.2 cm³/mol. The minimum absolute atomic E-state index is 0.360. The van der Waals surface area contributed by atoms with Gasteiger partial charge in [0, 0.05) is 0 Å². The number of pyridine rings is 1. The molecule has 13 heavy (non-hydrogen) atoms. The van der Waals surface area contributed by atoms with E-state index in [1.54, 1.807) is 6.07 Å². The van der Waals surface area contributed by atoms with E-state index in [0.717, 1.165) is 6.42 Å². The van der Waals surface area contributed by atoms with Crippen molar-refractivity contribution in [2.75, 3.05) is 12.3 Å². The lowest BCUT2D eigenvalue weighted by molar-refractivity contribution is 0.304. The van der Waals surface area contributed by atoms with Gasteiger partial charge in [0.05, 0.1) is 18.5 Å². The highest BCUT2D eigenvalue weighted by Gasteiger charge is 2.04. The summed E-state index contributed by atoms with van der Waals surface area (Å²) in [6, 6.07) is 3.53. The van der Waals surface area contributed by atoms with Crippen LogP contribution < -0.4 is 10.5 Å². The molecule has 0 bridgehead atoms. The molecular weight excluding hydrogens is 166 g/mol. The summed E-state index contributed by atoms with van der Waals surface area (Å²) in [5, 5.41) is 8.72. The lowest BCUT2D eigenvalue weighted by atomic mass is 10.3. The summed E-state index contributed by atoms with van der Waals surface area (Å²) in [6.45, 7) is 2.55. The van der Waals surface area contributed by atoms with E-state index in [1.165, 1.54) is 6.20 Å². The summed E-state index contributed by atoms with van der Waals surface area (Å²) in [6.07, 6.45) is 2.36. The third-order valence-electron chi connectivity index (χ3n) is 1.44. The number of hydrogen-bond acceptors (Lipinski definition) is 4. The van der Waals surface area contributed by atoms with E-state index in [0.29, 0.717) is 23.7 Å². The van der Waals surface area contributed by atoms with Gasteiger partial charge in [0.1, 0.15) is 11.6 Å². The van der Waals surface area contributed by atoms with E-state index in [-0.39, 0.29) is 0 Å². The summed E-state index contributed by atoms with van der Waals surface area (Å²) in [5.41, 5.74) is 6.32. The molecule has 0 aliphatic heterocycles. The van der Waals surface area contributed by atoms with Gasteiger partial charge in [-0.05, 0) is 12.5 Å². The first-order valence-electron chi connectivity index (χ1n) is 4.06. The van der Waals surface area contributed by atoms with Crippen molar-refractivity contribution in [3.8, 4) is 11.9 Å². The topological polar surface area (TPSA) is 71.9 Å². The van der Waals surface area contributed by atoms with Crippen LogP contribution in [0.1, 0.15) is 18.9 Å². The number of anilines is 1.